The fourth-order valence-corrected chi connectivity index (χ4v) is 1.87. The monoisotopic (exact) mass is 310 g/mol. The van der Waals surface area contributed by atoms with Crippen molar-refractivity contribution < 1.29 is 18.3 Å². The summed E-state index contributed by atoms with van der Waals surface area (Å²) >= 11 is 0. The molecule has 1 N–H and O–H groups in total. The van der Waals surface area contributed by atoms with Gasteiger partial charge >= 0.3 is 29.2 Å². The summed E-state index contributed by atoms with van der Waals surface area (Å²) in [5, 5.41) is 12.7. The first-order valence-electron chi connectivity index (χ1n) is 6.06. The number of nitrogens with zero attached hydrogens (tertiary/aromatic N) is 2. The van der Waals surface area contributed by atoms with Crippen LogP contribution in [0.25, 0.3) is 5.69 Å². The van der Waals surface area contributed by atoms with Crippen molar-refractivity contribution in [2.75, 3.05) is 0 Å². The average molecular weight is 311 g/mol. The van der Waals surface area contributed by atoms with Gasteiger partial charge in [0.15, 0.2) is 5.69 Å². The van der Waals surface area contributed by atoms with Crippen LogP contribution in [-0.4, -0.2) is 37.9 Å². The van der Waals surface area contributed by atoms with E-state index in [1.807, 2.05) is 20.8 Å². The largest absolute Gasteiger partial charge is 0.492 e. The van der Waals surface area contributed by atoms with Gasteiger partial charge in [-0.05, 0) is 23.1 Å². The number of benzene rings is 1. The number of hydrogen-bond acceptors (Lipinski definition) is 2. The summed E-state index contributed by atoms with van der Waals surface area (Å²) in [6, 6.07) is 7.24. The molecule has 0 unspecified atom stereocenters. The van der Waals surface area contributed by atoms with Crippen molar-refractivity contribution in [1.29, 1.82) is 0 Å². The summed E-state index contributed by atoms with van der Waals surface area (Å²) in [6.07, 6.45) is -4.57. The summed E-state index contributed by atoms with van der Waals surface area (Å²) in [4.78, 5) is 0. The van der Waals surface area contributed by atoms with Gasteiger partial charge in [0, 0.05) is 6.07 Å². The Bertz CT molecular complexity index is 613. The van der Waals surface area contributed by atoms with Crippen LogP contribution in [0.4, 0.5) is 13.2 Å². The standard InChI is InChI=1S/C14H15F3N2O.Mg.2H/c1-13(2,3)9-4-6-10(7-5-9)19-11(14(15,16)17)8-12(20)18-19;;;/h4-8H,1-3H3,(H,18,20);;;. The number of hydrogen-bond donors (Lipinski definition) is 1. The molecule has 1 aromatic heterocycles. The molecule has 1 heterocycles. The van der Waals surface area contributed by atoms with Gasteiger partial charge in [-0.2, -0.15) is 13.2 Å². The number of aromatic nitrogens is 2. The fourth-order valence-electron chi connectivity index (χ4n) is 1.87. The molecule has 2 rings (SSSR count). The maximum Gasteiger partial charge on any atom is 0.433 e. The molecule has 3 nitrogen and oxygen atoms in total. The Balaban J connectivity index is 0.00000220. The zero-order valence-electron chi connectivity index (χ0n) is 11.4. The first kappa shape index (κ1) is 17.8. The first-order valence-corrected chi connectivity index (χ1v) is 6.06. The summed E-state index contributed by atoms with van der Waals surface area (Å²) in [5.41, 5.74) is 0.174. The van der Waals surface area contributed by atoms with E-state index in [-0.39, 0.29) is 34.2 Å². The second-order valence-electron chi connectivity index (χ2n) is 5.59. The van der Waals surface area contributed by atoms with Crippen molar-refractivity contribution in [2.45, 2.75) is 32.4 Å². The third kappa shape index (κ3) is 3.91. The minimum atomic E-state index is -4.57. The molecule has 21 heavy (non-hydrogen) atoms. The molecule has 0 atom stereocenters. The Morgan fingerprint density at radius 3 is 2.00 bits per heavy atom. The minimum absolute atomic E-state index is 0. The Morgan fingerprint density at radius 1 is 1.05 bits per heavy atom. The van der Waals surface area contributed by atoms with Crippen molar-refractivity contribution in [3.63, 3.8) is 0 Å². The van der Waals surface area contributed by atoms with E-state index in [1.165, 1.54) is 0 Å². The maximum atomic E-state index is 12.8. The smallest absolute Gasteiger partial charge is 0.433 e. The van der Waals surface area contributed by atoms with Crippen LogP contribution >= 0.6 is 0 Å². The molecule has 0 saturated heterocycles. The van der Waals surface area contributed by atoms with Crippen LogP contribution in [0, 0.1) is 0 Å². The lowest BCUT2D eigenvalue weighted by molar-refractivity contribution is -0.142. The molecule has 0 spiro atoms. The fraction of sp³-hybridized carbons (Fsp3) is 0.357. The summed E-state index contributed by atoms with van der Waals surface area (Å²) in [7, 11) is 0. The zero-order chi connectivity index (χ0) is 15.1. The highest BCUT2D eigenvalue weighted by Crippen LogP contribution is 2.33. The molecule has 0 fully saturated rings. The van der Waals surface area contributed by atoms with Crippen molar-refractivity contribution in [1.82, 2.24) is 9.78 Å². The van der Waals surface area contributed by atoms with E-state index in [0.717, 1.165) is 5.56 Å². The van der Waals surface area contributed by atoms with Crippen molar-refractivity contribution >= 4 is 23.1 Å². The van der Waals surface area contributed by atoms with Gasteiger partial charge in [-0.3, -0.25) is 0 Å². The van der Waals surface area contributed by atoms with E-state index in [9.17, 15) is 18.3 Å². The van der Waals surface area contributed by atoms with Crippen molar-refractivity contribution in [2.24, 2.45) is 0 Å². The minimum Gasteiger partial charge on any atom is -0.492 e. The van der Waals surface area contributed by atoms with Gasteiger partial charge in [-0.15, -0.1) is 5.10 Å². The molecule has 0 bridgehead atoms. The topological polar surface area (TPSA) is 38.0 Å². The number of rotatable bonds is 1. The number of aromatic hydroxyl groups is 1. The highest BCUT2D eigenvalue weighted by molar-refractivity contribution is 5.75. The molecular formula is C14H17F3MgN2O. The maximum absolute atomic E-state index is 12.8. The van der Waals surface area contributed by atoms with E-state index < -0.39 is 17.8 Å². The molecule has 1 aromatic carbocycles. The number of halogens is 3. The quantitative estimate of drug-likeness (QED) is 0.822. The third-order valence-corrected chi connectivity index (χ3v) is 2.96. The highest BCUT2D eigenvalue weighted by Gasteiger charge is 2.36. The van der Waals surface area contributed by atoms with E-state index in [4.69, 9.17) is 0 Å². The Morgan fingerprint density at radius 2 is 1.57 bits per heavy atom. The summed E-state index contributed by atoms with van der Waals surface area (Å²) in [6.45, 7) is 6.05. The Kier molecular flexibility index (Phi) is 5.00. The molecule has 0 aliphatic heterocycles. The molecule has 0 saturated carbocycles. The summed E-state index contributed by atoms with van der Waals surface area (Å²) in [5.74, 6) is -0.655. The molecular weight excluding hydrogens is 293 g/mol. The van der Waals surface area contributed by atoms with E-state index in [0.29, 0.717) is 10.7 Å². The predicted molar refractivity (Wildman–Crippen MR) is 77.5 cm³/mol. The van der Waals surface area contributed by atoms with Gasteiger partial charge < -0.3 is 5.11 Å². The van der Waals surface area contributed by atoms with Gasteiger partial charge in [0.2, 0.25) is 5.88 Å². The van der Waals surface area contributed by atoms with Crippen LogP contribution in [0.1, 0.15) is 32.0 Å². The third-order valence-electron chi connectivity index (χ3n) is 2.96. The van der Waals surface area contributed by atoms with E-state index >= 15 is 0 Å². The molecule has 0 radical (unpaired) electrons. The lowest BCUT2D eigenvalue weighted by Crippen LogP contribution is -2.14. The molecule has 2 aromatic rings. The lowest BCUT2D eigenvalue weighted by atomic mass is 9.87. The van der Waals surface area contributed by atoms with Crippen LogP contribution in [0.5, 0.6) is 5.88 Å². The number of alkyl halides is 3. The van der Waals surface area contributed by atoms with Gasteiger partial charge in [-0.25, -0.2) is 4.68 Å². The van der Waals surface area contributed by atoms with Gasteiger partial charge in [0.05, 0.1) is 5.69 Å². The lowest BCUT2D eigenvalue weighted by Gasteiger charge is -2.19. The normalized spacial score (nSPS) is 12.1. The molecule has 112 valence electrons. The second-order valence-corrected chi connectivity index (χ2v) is 5.59. The zero-order valence-corrected chi connectivity index (χ0v) is 11.4. The van der Waals surface area contributed by atoms with Gasteiger partial charge in [0.25, 0.3) is 0 Å². The predicted octanol–water partition coefficient (Wildman–Crippen LogP) is 2.98. The van der Waals surface area contributed by atoms with Crippen LogP contribution in [0.15, 0.2) is 30.3 Å². The Labute approximate surface area is 136 Å². The highest BCUT2D eigenvalue weighted by atomic mass is 24.3. The van der Waals surface area contributed by atoms with Crippen LogP contribution < -0.4 is 0 Å². The molecule has 7 heteroatoms. The second kappa shape index (κ2) is 5.88. The van der Waals surface area contributed by atoms with Crippen molar-refractivity contribution in [3.05, 3.63) is 41.6 Å². The average Bonchev–Trinajstić information content (AvgIpc) is 2.70. The SMILES string of the molecule is CC(C)(C)c1ccc(-n2nc(O)cc2C(F)(F)F)cc1.[MgH2]. The molecule has 0 amide bonds. The first-order chi connectivity index (χ1) is 9.09. The molecule has 0 aliphatic carbocycles. The van der Waals surface area contributed by atoms with Crippen LogP contribution in [0.3, 0.4) is 0 Å². The van der Waals surface area contributed by atoms with Crippen LogP contribution in [0.2, 0.25) is 0 Å². The summed E-state index contributed by atoms with van der Waals surface area (Å²) < 4.78 is 39.2. The van der Waals surface area contributed by atoms with Crippen molar-refractivity contribution in [3.8, 4) is 11.6 Å². The Hall–Kier alpha value is -1.21. The van der Waals surface area contributed by atoms with Gasteiger partial charge in [-0.1, -0.05) is 32.9 Å². The van der Waals surface area contributed by atoms with E-state index in [1.54, 1.807) is 24.3 Å². The van der Waals surface area contributed by atoms with Gasteiger partial charge in [0.1, 0.15) is 0 Å². The molecule has 0 aliphatic rings. The van der Waals surface area contributed by atoms with Crippen LogP contribution in [-0.2, 0) is 11.6 Å². The van der Waals surface area contributed by atoms with E-state index in [2.05, 4.69) is 5.10 Å².